The summed E-state index contributed by atoms with van der Waals surface area (Å²) in [5, 5.41) is 0.874. The van der Waals surface area contributed by atoms with E-state index in [1.54, 1.807) is 22.9 Å². The molecule has 224 valence electrons. The molecule has 0 bridgehead atoms. The zero-order valence-electron chi connectivity index (χ0n) is 24.1. The van der Waals surface area contributed by atoms with E-state index in [-0.39, 0.29) is 22.8 Å². The molecule has 2 fully saturated rings. The maximum Gasteiger partial charge on any atom is 0.253 e. The second kappa shape index (κ2) is 14.0. The largest absolute Gasteiger partial charge is 0.347 e. The van der Waals surface area contributed by atoms with Crippen LogP contribution in [0.1, 0.15) is 60.4 Å². The average Bonchev–Trinajstić information content (AvgIpc) is 2.98. The highest BCUT2D eigenvalue weighted by atomic mass is 35.5. The molecule has 0 aromatic heterocycles. The molecular formula is C31H40Cl3FN4O2. The fourth-order valence-corrected chi connectivity index (χ4v) is 6.77. The van der Waals surface area contributed by atoms with Gasteiger partial charge in [-0.05, 0) is 87.6 Å². The van der Waals surface area contributed by atoms with E-state index < -0.39 is 11.4 Å². The Labute approximate surface area is 258 Å². The van der Waals surface area contributed by atoms with E-state index >= 15 is 0 Å². The molecule has 2 aliphatic rings. The first-order valence-electron chi connectivity index (χ1n) is 14.4. The molecule has 2 saturated heterocycles. The lowest BCUT2D eigenvalue weighted by atomic mass is 9.82. The van der Waals surface area contributed by atoms with Crippen LogP contribution >= 0.6 is 34.8 Å². The number of likely N-dealkylation sites (tertiary alicyclic amines) is 2. The minimum Gasteiger partial charge on any atom is -0.347 e. The number of amides is 2. The number of halogens is 4. The second-order valence-electron chi connectivity index (χ2n) is 11.6. The Balaban J connectivity index is 1.46. The van der Waals surface area contributed by atoms with E-state index in [2.05, 4.69) is 9.80 Å². The van der Waals surface area contributed by atoms with Gasteiger partial charge in [0.2, 0.25) is 5.91 Å². The third kappa shape index (κ3) is 7.55. The van der Waals surface area contributed by atoms with Crippen LogP contribution < -0.4 is 0 Å². The fraction of sp³-hybridized carbons (Fsp3) is 0.548. The molecule has 2 aliphatic heterocycles. The summed E-state index contributed by atoms with van der Waals surface area (Å²) in [5.74, 6) is -0.582. The van der Waals surface area contributed by atoms with Crippen molar-refractivity contribution in [2.24, 2.45) is 0 Å². The predicted molar refractivity (Wildman–Crippen MR) is 165 cm³/mol. The van der Waals surface area contributed by atoms with Crippen molar-refractivity contribution in [3.63, 3.8) is 0 Å². The molecule has 0 N–H and O–H groups in total. The molecule has 1 atom stereocenters. The average molecular weight is 626 g/mol. The fourth-order valence-electron chi connectivity index (χ4n) is 6.28. The number of carbonyl (C=O) groups is 2. The van der Waals surface area contributed by atoms with Gasteiger partial charge in [-0.3, -0.25) is 14.5 Å². The second-order valence-corrected chi connectivity index (χ2v) is 12.8. The van der Waals surface area contributed by atoms with Crippen LogP contribution in [0.15, 0.2) is 36.4 Å². The van der Waals surface area contributed by atoms with Gasteiger partial charge in [-0.25, -0.2) is 4.39 Å². The maximum absolute atomic E-state index is 13.7. The van der Waals surface area contributed by atoms with Gasteiger partial charge in [0.05, 0.1) is 15.1 Å². The third-order valence-corrected chi connectivity index (χ3v) is 9.69. The summed E-state index contributed by atoms with van der Waals surface area (Å²) in [6.07, 6.45) is 5.94. The quantitative estimate of drug-likeness (QED) is 0.322. The van der Waals surface area contributed by atoms with Crippen molar-refractivity contribution in [1.82, 2.24) is 19.6 Å². The van der Waals surface area contributed by atoms with Gasteiger partial charge in [-0.15, -0.1) is 0 Å². The number of piperidine rings is 2. The highest BCUT2D eigenvalue weighted by molar-refractivity contribution is 6.42. The highest BCUT2D eigenvalue weighted by Crippen LogP contribution is 2.34. The Morgan fingerprint density at radius 2 is 1.59 bits per heavy atom. The number of rotatable bonds is 9. The van der Waals surface area contributed by atoms with Crippen LogP contribution in [0.2, 0.25) is 15.1 Å². The standard InChI is InChI=1S/C31H40Cl3FN4O2/c1-36(2)30(41)31(39-14-5-4-6-15-39)12-17-38(18-13-31)16-11-24(22-7-9-25(32)26(33)19-22)21-37(3)29(40)23-8-10-28(35)27(34)20-23/h7-10,19-20,24H,4-6,11-18,21H2,1-3H3. The van der Waals surface area contributed by atoms with Crippen molar-refractivity contribution in [3.05, 3.63) is 68.4 Å². The Hall–Kier alpha value is -1.90. The number of nitrogens with zero attached hydrogens (tertiary/aromatic N) is 4. The van der Waals surface area contributed by atoms with Crippen LogP contribution in [0.25, 0.3) is 0 Å². The molecule has 0 aliphatic carbocycles. The Bertz CT molecular complexity index is 1230. The lowest BCUT2D eigenvalue weighted by Gasteiger charge is -2.50. The summed E-state index contributed by atoms with van der Waals surface area (Å²) in [6.45, 7) is 4.91. The molecule has 0 saturated carbocycles. The van der Waals surface area contributed by atoms with Crippen LogP contribution in [-0.4, -0.2) is 97.4 Å². The summed E-state index contributed by atoms with van der Waals surface area (Å²) >= 11 is 18.5. The van der Waals surface area contributed by atoms with Crippen molar-refractivity contribution in [2.75, 3.05) is 60.4 Å². The van der Waals surface area contributed by atoms with E-state index in [9.17, 15) is 14.0 Å². The van der Waals surface area contributed by atoms with E-state index in [4.69, 9.17) is 34.8 Å². The SMILES string of the molecule is CN(C)C(=O)C1(N2CCCCC2)CCN(CCC(CN(C)C(=O)c2ccc(F)c(Cl)c2)c2ccc(Cl)c(Cl)c2)CC1. The number of hydrogen-bond donors (Lipinski definition) is 0. The van der Waals surface area contributed by atoms with Gasteiger partial charge in [-0.2, -0.15) is 0 Å². The zero-order chi connectivity index (χ0) is 29.7. The van der Waals surface area contributed by atoms with Crippen molar-refractivity contribution in [2.45, 2.75) is 50.0 Å². The number of benzene rings is 2. The van der Waals surface area contributed by atoms with Crippen LogP contribution in [0.5, 0.6) is 0 Å². The molecule has 10 heteroatoms. The topological polar surface area (TPSA) is 47.1 Å². The Morgan fingerprint density at radius 1 is 0.902 bits per heavy atom. The van der Waals surface area contributed by atoms with Gasteiger partial charge in [0.25, 0.3) is 5.91 Å². The lowest BCUT2D eigenvalue weighted by Crippen LogP contribution is -2.64. The van der Waals surface area contributed by atoms with Crippen LogP contribution in [0, 0.1) is 5.82 Å². The molecule has 41 heavy (non-hydrogen) atoms. The molecule has 0 radical (unpaired) electrons. The van der Waals surface area contributed by atoms with Crippen LogP contribution in [0.4, 0.5) is 4.39 Å². The van der Waals surface area contributed by atoms with Crippen LogP contribution in [0.3, 0.4) is 0 Å². The normalized spacial score (nSPS) is 18.6. The number of hydrogen-bond acceptors (Lipinski definition) is 4. The monoisotopic (exact) mass is 624 g/mol. The summed E-state index contributed by atoms with van der Waals surface area (Å²) in [4.78, 5) is 34.9. The van der Waals surface area contributed by atoms with E-state index in [0.29, 0.717) is 22.2 Å². The highest BCUT2D eigenvalue weighted by Gasteiger charge is 2.47. The minimum atomic E-state index is -0.558. The predicted octanol–water partition coefficient (Wildman–Crippen LogP) is 6.44. The first-order chi connectivity index (χ1) is 19.5. The smallest absolute Gasteiger partial charge is 0.253 e. The van der Waals surface area contributed by atoms with Gasteiger partial charge in [0, 0.05) is 52.3 Å². The number of carbonyl (C=O) groups excluding carboxylic acids is 2. The molecule has 2 aromatic rings. The summed E-state index contributed by atoms with van der Waals surface area (Å²) in [7, 11) is 5.46. The van der Waals surface area contributed by atoms with Crippen molar-refractivity contribution in [3.8, 4) is 0 Å². The Morgan fingerprint density at radius 3 is 2.20 bits per heavy atom. The third-order valence-electron chi connectivity index (χ3n) is 8.67. The summed E-state index contributed by atoms with van der Waals surface area (Å²) < 4.78 is 13.7. The minimum absolute atomic E-state index is 0.00757. The molecule has 2 heterocycles. The molecule has 6 nitrogen and oxygen atoms in total. The lowest BCUT2D eigenvalue weighted by molar-refractivity contribution is -0.147. The zero-order valence-corrected chi connectivity index (χ0v) is 26.4. The first kappa shape index (κ1) is 32.0. The van der Waals surface area contributed by atoms with E-state index in [1.807, 2.05) is 26.2 Å². The molecule has 0 spiro atoms. The van der Waals surface area contributed by atoms with E-state index in [1.165, 1.54) is 24.6 Å². The molecular weight excluding hydrogens is 586 g/mol. The van der Waals surface area contributed by atoms with Gasteiger partial charge in [0.15, 0.2) is 0 Å². The molecule has 1 unspecified atom stereocenters. The van der Waals surface area contributed by atoms with Gasteiger partial charge in [-0.1, -0.05) is 47.3 Å². The van der Waals surface area contributed by atoms with Gasteiger partial charge < -0.3 is 14.7 Å². The summed E-state index contributed by atoms with van der Waals surface area (Å²) in [5.41, 5.74) is 0.910. The first-order valence-corrected chi connectivity index (χ1v) is 15.5. The van der Waals surface area contributed by atoms with Crippen LogP contribution in [-0.2, 0) is 4.79 Å². The van der Waals surface area contributed by atoms with Crippen molar-refractivity contribution in [1.29, 1.82) is 0 Å². The molecule has 4 rings (SSSR count). The van der Waals surface area contributed by atoms with Crippen molar-refractivity contribution >= 4 is 46.6 Å². The maximum atomic E-state index is 13.7. The molecule has 2 amide bonds. The number of likely N-dealkylation sites (N-methyl/N-ethyl adjacent to an activating group) is 2. The van der Waals surface area contributed by atoms with Gasteiger partial charge >= 0.3 is 0 Å². The van der Waals surface area contributed by atoms with Gasteiger partial charge in [0.1, 0.15) is 11.4 Å². The van der Waals surface area contributed by atoms with E-state index in [0.717, 1.165) is 70.4 Å². The molecule has 2 aromatic carbocycles. The Kier molecular flexibility index (Phi) is 11.0. The summed E-state index contributed by atoms with van der Waals surface area (Å²) in [6, 6.07) is 9.64. The van der Waals surface area contributed by atoms with Crippen molar-refractivity contribution < 1.29 is 14.0 Å².